The molecule has 1 N–H and O–H groups in total. The molecule has 0 aromatic heterocycles. The van der Waals surface area contributed by atoms with E-state index in [9.17, 15) is 14.7 Å². The van der Waals surface area contributed by atoms with Crippen LogP contribution in [-0.2, 0) is 37.6 Å². The third kappa shape index (κ3) is 7.52. The van der Waals surface area contributed by atoms with E-state index >= 15 is 0 Å². The molecule has 2 atom stereocenters. The summed E-state index contributed by atoms with van der Waals surface area (Å²) in [6.45, 7) is -0.0424. The van der Waals surface area contributed by atoms with Crippen molar-refractivity contribution in [2.75, 3.05) is 13.7 Å². The van der Waals surface area contributed by atoms with E-state index in [4.69, 9.17) is 14.2 Å². The lowest BCUT2D eigenvalue weighted by molar-refractivity contribution is -0.159. The van der Waals surface area contributed by atoms with Gasteiger partial charge in [-0.3, -0.25) is 4.79 Å². The number of ether oxygens (including phenoxy) is 3. The highest BCUT2D eigenvalue weighted by Gasteiger charge is 2.40. The summed E-state index contributed by atoms with van der Waals surface area (Å²) in [6, 6.07) is 50.5. The number of carbonyl (C=O) groups is 2. The Morgan fingerprint density at radius 2 is 1.14 bits per heavy atom. The van der Waals surface area contributed by atoms with E-state index in [0.29, 0.717) is 12.0 Å². The zero-order valence-corrected chi connectivity index (χ0v) is 28.0. The van der Waals surface area contributed by atoms with Gasteiger partial charge in [-0.1, -0.05) is 152 Å². The van der Waals surface area contributed by atoms with Crippen molar-refractivity contribution in [1.82, 2.24) is 0 Å². The molecule has 0 fully saturated rings. The van der Waals surface area contributed by atoms with Crippen LogP contribution < -0.4 is 0 Å². The monoisotopic (exact) mass is 664 g/mol. The molecule has 0 aliphatic rings. The van der Waals surface area contributed by atoms with Crippen LogP contribution in [0.4, 0.5) is 0 Å². The molecule has 0 saturated carbocycles. The second-order valence-electron chi connectivity index (χ2n) is 12.2. The van der Waals surface area contributed by atoms with E-state index in [-0.39, 0.29) is 19.6 Å². The second-order valence-corrected chi connectivity index (χ2v) is 12.2. The molecule has 0 amide bonds. The highest BCUT2D eigenvalue weighted by Crippen LogP contribution is 2.41. The molecule has 0 unspecified atom stereocenters. The summed E-state index contributed by atoms with van der Waals surface area (Å²) >= 11 is 0. The maximum atomic E-state index is 13.9. The third-order valence-corrected chi connectivity index (χ3v) is 9.14. The molecule has 6 rings (SSSR count). The van der Waals surface area contributed by atoms with Crippen molar-refractivity contribution in [1.29, 1.82) is 0 Å². The number of esters is 2. The molecular weight excluding hydrogens is 624 g/mol. The summed E-state index contributed by atoms with van der Waals surface area (Å²) in [5, 5.41) is 13.5. The Balaban J connectivity index is 1.33. The smallest absolute Gasteiger partial charge is 0.338 e. The average Bonchev–Trinajstić information content (AvgIpc) is 3.19. The van der Waals surface area contributed by atoms with Crippen LogP contribution in [0, 0.1) is 5.92 Å². The van der Waals surface area contributed by atoms with E-state index in [2.05, 4.69) is 0 Å². The van der Waals surface area contributed by atoms with Gasteiger partial charge in [-0.2, -0.15) is 0 Å². The molecule has 0 aliphatic heterocycles. The third-order valence-electron chi connectivity index (χ3n) is 9.14. The van der Waals surface area contributed by atoms with Crippen LogP contribution in [0.25, 0.3) is 10.8 Å². The van der Waals surface area contributed by atoms with Gasteiger partial charge < -0.3 is 19.3 Å². The van der Waals surface area contributed by atoms with Gasteiger partial charge in [-0.25, -0.2) is 4.79 Å². The van der Waals surface area contributed by atoms with Crippen LogP contribution in [0.15, 0.2) is 158 Å². The molecule has 6 heteroatoms. The molecular formula is C44H40O6. The minimum Gasteiger partial charge on any atom is -0.465 e. The molecule has 0 saturated heterocycles. The van der Waals surface area contributed by atoms with Gasteiger partial charge in [-0.15, -0.1) is 0 Å². The number of aliphatic hydroxyl groups excluding tert-OH is 1. The van der Waals surface area contributed by atoms with Gasteiger partial charge in [0.25, 0.3) is 0 Å². The summed E-state index contributed by atoms with van der Waals surface area (Å²) in [6.07, 6.45) is -0.393. The molecule has 6 nitrogen and oxygen atoms in total. The first-order valence-electron chi connectivity index (χ1n) is 16.8. The first kappa shape index (κ1) is 34.3. The average molecular weight is 665 g/mol. The van der Waals surface area contributed by atoms with Gasteiger partial charge in [0.15, 0.2) is 0 Å². The van der Waals surface area contributed by atoms with Crippen LogP contribution >= 0.6 is 0 Å². The lowest BCUT2D eigenvalue weighted by atomic mass is 9.80. The number of hydrogen-bond donors (Lipinski definition) is 1. The van der Waals surface area contributed by atoms with Crippen molar-refractivity contribution in [3.8, 4) is 0 Å². The van der Waals surface area contributed by atoms with E-state index in [1.165, 1.54) is 7.11 Å². The quantitative estimate of drug-likeness (QED) is 0.0933. The van der Waals surface area contributed by atoms with E-state index < -0.39 is 29.6 Å². The summed E-state index contributed by atoms with van der Waals surface area (Å²) in [7, 11) is 1.36. The highest BCUT2D eigenvalue weighted by atomic mass is 16.5. The first-order chi connectivity index (χ1) is 24.5. The maximum absolute atomic E-state index is 13.9. The Labute approximate surface area is 292 Å². The SMILES string of the molecule is COC(=O)c1ccc(CC[C@H](O)[C@H](COC(c2ccccc2)(c2ccccc2)c2ccccc2)C(=O)OCc2ccccc2)c2ccccc12. The Hall–Kier alpha value is -5.56. The summed E-state index contributed by atoms with van der Waals surface area (Å²) in [4.78, 5) is 26.4. The van der Waals surface area contributed by atoms with Crippen molar-refractivity contribution >= 4 is 22.7 Å². The van der Waals surface area contributed by atoms with E-state index in [0.717, 1.165) is 38.6 Å². The van der Waals surface area contributed by atoms with Crippen LogP contribution in [0.1, 0.15) is 44.6 Å². The lowest BCUT2D eigenvalue weighted by Gasteiger charge is -2.37. The first-order valence-corrected chi connectivity index (χ1v) is 16.8. The highest BCUT2D eigenvalue weighted by molar-refractivity contribution is 6.05. The number of rotatable bonds is 14. The van der Waals surface area contributed by atoms with Crippen LogP contribution in [0.2, 0.25) is 0 Å². The fourth-order valence-corrected chi connectivity index (χ4v) is 6.53. The molecule has 50 heavy (non-hydrogen) atoms. The van der Waals surface area contributed by atoms with E-state index in [1.807, 2.05) is 152 Å². The zero-order valence-electron chi connectivity index (χ0n) is 28.0. The fourth-order valence-electron chi connectivity index (χ4n) is 6.53. The van der Waals surface area contributed by atoms with Gasteiger partial charge in [0.2, 0.25) is 0 Å². The minimum atomic E-state index is -1.10. The Morgan fingerprint density at radius 3 is 1.68 bits per heavy atom. The van der Waals surface area contributed by atoms with Crippen molar-refractivity contribution in [3.05, 3.63) is 191 Å². The number of fused-ring (bicyclic) bond motifs is 1. The van der Waals surface area contributed by atoms with E-state index in [1.54, 1.807) is 6.07 Å². The largest absolute Gasteiger partial charge is 0.465 e. The number of carbonyl (C=O) groups excluding carboxylic acids is 2. The van der Waals surface area contributed by atoms with Crippen molar-refractivity contribution in [3.63, 3.8) is 0 Å². The summed E-state index contributed by atoms with van der Waals surface area (Å²) in [5.74, 6) is -1.96. The van der Waals surface area contributed by atoms with Gasteiger partial charge >= 0.3 is 11.9 Å². The predicted molar refractivity (Wildman–Crippen MR) is 195 cm³/mol. The zero-order chi connectivity index (χ0) is 34.8. The number of aliphatic hydroxyl groups is 1. The summed E-state index contributed by atoms with van der Waals surface area (Å²) in [5.41, 5.74) is 3.85. The number of aryl methyl sites for hydroxylation is 1. The van der Waals surface area contributed by atoms with Crippen molar-refractivity contribution < 1.29 is 28.9 Å². The van der Waals surface area contributed by atoms with Gasteiger partial charge in [0.05, 0.1) is 25.4 Å². The molecule has 252 valence electrons. The van der Waals surface area contributed by atoms with Crippen LogP contribution in [-0.4, -0.2) is 36.9 Å². The molecule has 6 aromatic carbocycles. The molecule has 0 aliphatic carbocycles. The van der Waals surface area contributed by atoms with Crippen molar-refractivity contribution in [2.45, 2.75) is 31.2 Å². The molecule has 0 heterocycles. The number of hydrogen-bond acceptors (Lipinski definition) is 6. The Bertz CT molecular complexity index is 1900. The topological polar surface area (TPSA) is 82.1 Å². The fraction of sp³-hybridized carbons (Fsp3) is 0.182. The standard InChI is InChI=1S/C44H40O6/c1-48-42(46)39-28-26-33(37-24-14-15-25-38(37)39)27-29-41(45)40(43(47)49-30-32-16-6-2-7-17-32)31-50-44(34-18-8-3-9-19-34,35-20-10-4-11-21-35)36-22-12-5-13-23-36/h2-26,28,40-41,45H,27,29-31H2,1H3/t40-,41-/m0/s1. The van der Waals surface area contributed by atoms with Gasteiger partial charge in [0.1, 0.15) is 18.1 Å². The van der Waals surface area contributed by atoms with Crippen LogP contribution in [0.5, 0.6) is 0 Å². The normalized spacial score (nSPS) is 12.6. The summed E-state index contributed by atoms with van der Waals surface area (Å²) < 4.78 is 17.9. The molecule has 0 radical (unpaired) electrons. The minimum absolute atomic E-state index is 0.0731. The van der Waals surface area contributed by atoms with Crippen LogP contribution in [0.3, 0.4) is 0 Å². The second kappa shape index (κ2) is 16.2. The van der Waals surface area contributed by atoms with Gasteiger partial charge in [0, 0.05) is 0 Å². The van der Waals surface area contributed by atoms with Gasteiger partial charge in [-0.05, 0) is 57.5 Å². The predicted octanol–water partition coefficient (Wildman–Crippen LogP) is 8.29. The molecule has 0 spiro atoms. The van der Waals surface area contributed by atoms with Crippen molar-refractivity contribution in [2.24, 2.45) is 5.92 Å². The molecule has 6 aromatic rings. The Kier molecular flexibility index (Phi) is 11.1. The molecule has 0 bridgehead atoms. The number of benzene rings is 6. The lowest BCUT2D eigenvalue weighted by Crippen LogP contribution is -2.40. The maximum Gasteiger partial charge on any atom is 0.338 e. The Morgan fingerprint density at radius 1 is 0.640 bits per heavy atom. The number of methoxy groups -OCH3 is 1.